The molecule has 1 unspecified atom stereocenters. The number of nitrogens with two attached hydrogens (primary N) is 1. The van der Waals surface area contributed by atoms with Crippen LogP contribution in [0.1, 0.15) is 17.2 Å². The van der Waals surface area contributed by atoms with Crippen LogP contribution >= 0.6 is 38.9 Å². The van der Waals surface area contributed by atoms with E-state index in [4.69, 9.17) is 17.3 Å². The fourth-order valence-corrected chi connectivity index (χ4v) is 3.50. The summed E-state index contributed by atoms with van der Waals surface area (Å²) in [5.74, 6) is -0.314. The van der Waals surface area contributed by atoms with Crippen LogP contribution in [0.5, 0.6) is 0 Å². The molecule has 108 valence electrons. The van der Waals surface area contributed by atoms with Crippen LogP contribution in [0.25, 0.3) is 0 Å². The van der Waals surface area contributed by atoms with Crippen LogP contribution in [0.2, 0.25) is 5.02 Å². The summed E-state index contributed by atoms with van der Waals surface area (Å²) in [7, 11) is 1.94. The summed E-state index contributed by atoms with van der Waals surface area (Å²) in [6.07, 6.45) is 0. The van der Waals surface area contributed by atoms with Crippen molar-refractivity contribution in [2.45, 2.75) is 12.6 Å². The molecule has 1 atom stereocenters. The number of thiophene rings is 1. The summed E-state index contributed by atoms with van der Waals surface area (Å²) in [4.78, 5) is 2.04. The predicted molar refractivity (Wildman–Crippen MR) is 86.7 cm³/mol. The van der Waals surface area contributed by atoms with Crippen molar-refractivity contribution in [2.75, 3.05) is 13.6 Å². The molecule has 0 aliphatic heterocycles. The fourth-order valence-electron chi connectivity index (χ4n) is 2.14. The molecule has 20 heavy (non-hydrogen) atoms. The number of nitrogens with zero attached hydrogens (tertiary/aromatic N) is 1. The van der Waals surface area contributed by atoms with Gasteiger partial charge in [0.15, 0.2) is 0 Å². The van der Waals surface area contributed by atoms with Gasteiger partial charge in [-0.25, -0.2) is 4.39 Å². The highest BCUT2D eigenvalue weighted by Gasteiger charge is 2.19. The van der Waals surface area contributed by atoms with Gasteiger partial charge in [0.1, 0.15) is 5.82 Å². The van der Waals surface area contributed by atoms with E-state index in [1.54, 1.807) is 23.5 Å². The molecule has 6 heteroatoms. The van der Waals surface area contributed by atoms with Crippen molar-refractivity contribution >= 4 is 38.9 Å². The number of halogens is 3. The Labute approximate surface area is 135 Å². The predicted octanol–water partition coefficient (Wildman–Crippen LogP) is 4.43. The average Bonchev–Trinajstić information content (AvgIpc) is 2.78. The zero-order chi connectivity index (χ0) is 14.7. The first-order valence-electron chi connectivity index (χ1n) is 6.09. The van der Waals surface area contributed by atoms with Crippen molar-refractivity contribution in [3.8, 4) is 0 Å². The number of rotatable bonds is 5. The highest BCUT2D eigenvalue weighted by atomic mass is 79.9. The highest BCUT2D eigenvalue weighted by molar-refractivity contribution is 9.11. The second-order valence-corrected chi connectivity index (χ2v) is 7.32. The van der Waals surface area contributed by atoms with Gasteiger partial charge in [0, 0.05) is 29.7 Å². The van der Waals surface area contributed by atoms with Gasteiger partial charge in [-0.05, 0) is 52.1 Å². The van der Waals surface area contributed by atoms with Gasteiger partial charge in [-0.1, -0.05) is 17.7 Å². The molecule has 0 bridgehead atoms. The Morgan fingerprint density at radius 1 is 1.45 bits per heavy atom. The van der Waals surface area contributed by atoms with Gasteiger partial charge in [0.05, 0.1) is 3.79 Å². The maximum atomic E-state index is 14.0. The van der Waals surface area contributed by atoms with Crippen molar-refractivity contribution in [3.05, 3.63) is 55.4 Å². The highest BCUT2D eigenvalue weighted by Crippen LogP contribution is 2.27. The minimum atomic E-state index is -0.314. The van der Waals surface area contributed by atoms with E-state index in [0.717, 1.165) is 3.79 Å². The minimum Gasteiger partial charge on any atom is -0.329 e. The Morgan fingerprint density at radius 2 is 2.20 bits per heavy atom. The van der Waals surface area contributed by atoms with Gasteiger partial charge in [-0.2, -0.15) is 0 Å². The van der Waals surface area contributed by atoms with E-state index >= 15 is 0 Å². The lowest BCUT2D eigenvalue weighted by Gasteiger charge is -2.27. The maximum absolute atomic E-state index is 14.0. The van der Waals surface area contributed by atoms with Gasteiger partial charge in [0.25, 0.3) is 0 Å². The van der Waals surface area contributed by atoms with Crippen LogP contribution < -0.4 is 5.73 Å². The van der Waals surface area contributed by atoms with Crippen LogP contribution in [0, 0.1) is 5.82 Å². The fraction of sp³-hybridized carbons (Fsp3) is 0.286. The third-order valence-electron chi connectivity index (χ3n) is 3.13. The molecule has 0 aliphatic carbocycles. The molecule has 0 radical (unpaired) electrons. The molecule has 1 heterocycles. The smallest absolute Gasteiger partial charge is 0.129 e. The average molecular weight is 378 g/mol. The molecule has 2 aromatic rings. The minimum absolute atomic E-state index is 0.175. The van der Waals surface area contributed by atoms with Crippen molar-refractivity contribution in [1.29, 1.82) is 0 Å². The third-order valence-corrected chi connectivity index (χ3v) is 4.92. The molecule has 1 aromatic carbocycles. The van der Waals surface area contributed by atoms with Gasteiger partial charge in [0.2, 0.25) is 0 Å². The second-order valence-electron chi connectivity index (χ2n) is 4.59. The monoisotopic (exact) mass is 376 g/mol. The Kier molecular flexibility index (Phi) is 5.57. The summed E-state index contributed by atoms with van der Waals surface area (Å²) in [5.41, 5.74) is 7.58. The molecular weight excluding hydrogens is 363 g/mol. The van der Waals surface area contributed by atoms with E-state index in [0.29, 0.717) is 23.7 Å². The molecule has 0 fully saturated rings. The molecule has 2 N–H and O–H groups in total. The summed E-state index contributed by atoms with van der Waals surface area (Å²) in [5, 5.41) is 2.47. The molecule has 2 nitrogen and oxygen atoms in total. The molecule has 0 saturated heterocycles. The molecule has 2 rings (SSSR count). The lowest BCUT2D eigenvalue weighted by atomic mass is 10.0. The van der Waals surface area contributed by atoms with E-state index in [9.17, 15) is 4.39 Å². The molecular formula is C14H15BrClFN2S. The van der Waals surface area contributed by atoms with E-state index in [1.165, 1.54) is 11.6 Å². The Bertz CT molecular complexity index is 590. The van der Waals surface area contributed by atoms with E-state index in [1.807, 2.05) is 11.9 Å². The Morgan fingerprint density at radius 3 is 2.75 bits per heavy atom. The zero-order valence-corrected chi connectivity index (χ0v) is 14.1. The number of hydrogen-bond acceptors (Lipinski definition) is 3. The molecule has 0 spiro atoms. The second kappa shape index (κ2) is 7.00. The molecule has 1 aromatic heterocycles. The van der Waals surface area contributed by atoms with Gasteiger partial charge < -0.3 is 5.73 Å². The molecule has 0 aliphatic rings. The first-order valence-corrected chi connectivity index (χ1v) is 8.14. The molecule has 0 saturated carbocycles. The van der Waals surface area contributed by atoms with E-state index in [2.05, 4.69) is 27.4 Å². The van der Waals surface area contributed by atoms with Crippen molar-refractivity contribution < 1.29 is 4.39 Å². The van der Waals surface area contributed by atoms with E-state index in [-0.39, 0.29) is 11.9 Å². The van der Waals surface area contributed by atoms with Crippen molar-refractivity contribution in [2.24, 2.45) is 5.73 Å². The standard InChI is InChI=1S/C14H15BrClFN2S/c1-19(7-9-4-14(15)20-8-9)13(6-18)11-3-2-10(16)5-12(11)17/h2-5,8,13H,6-7,18H2,1H3. The third kappa shape index (κ3) is 3.80. The van der Waals surface area contributed by atoms with Crippen LogP contribution in [-0.4, -0.2) is 18.5 Å². The normalized spacial score (nSPS) is 12.9. The number of hydrogen-bond donors (Lipinski definition) is 1. The summed E-state index contributed by atoms with van der Waals surface area (Å²) < 4.78 is 15.1. The van der Waals surface area contributed by atoms with E-state index < -0.39 is 0 Å². The quantitative estimate of drug-likeness (QED) is 0.835. The molecule has 0 amide bonds. The van der Waals surface area contributed by atoms with Crippen molar-refractivity contribution in [1.82, 2.24) is 4.90 Å². The Hall–Kier alpha value is -0.460. The van der Waals surface area contributed by atoms with Gasteiger partial charge in [-0.3, -0.25) is 4.90 Å². The maximum Gasteiger partial charge on any atom is 0.129 e. The first kappa shape index (κ1) is 15.9. The van der Waals surface area contributed by atoms with Crippen LogP contribution in [0.15, 0.2) is 33.4 Å². The topological polar surface area (TPSA) is 29.3 Å². The lowest BCUT2D eigenvalue weighted by molar-refractivity contribution is 0.237. The largest absolute Gasteiger partial charge is 0.329 e. The van der Waals surface area contributed by atoms with Crippen molar-refractivity contribution in [3.63, 3.8) is 0 Å². The van der Waals surface area contributed by atoms with Crippen LogP contribution in [0.3, 0.4) is 0 Å². The summed E-state index contributed by atoms with van der Waals surface area (Å²) >= 11 is 10.9. The lowest BCUT2D eigenvalue weighted by Crippen LogP contribution is -2.30. The first-order chi connectivity index (χ1) is 9.51. The summed E-state index contributed by atoms with van der Waals surface area (Å²) in [6, 6.07) is 6.61. The van der Waals surface area contributed by atoms with Gasteiger partial charge >= 0.3 is 0 Å². The number of benzene rings is 1. The van der Waals surface area contributed by atoms with Gasteiger partial charge in [-0.15, -0.1) is 11.3 Å². The van der Waals surface area contributed by atoms with Crippen LogP contribution in [0.4, 0.5) is 4.39 Å². The SMILES string of the molecule is CN(Cc1csc(Br)c1)C(CN)c1ccc(Cl)cc1F. The Balaban J connectivity index is 2.18. The zero-order valence-electron chi connectivity index (χ0n) is 10.9. The summed E-state index contributed by atoms with van der Waals surface area (Å²) in [6.45, 7) is 1.06. The van der Waals surface area contributed by atoms with Crippen LogP contribution in [-0.2, 0) is 6.54 Å². The number of likely N-dealkylation sites (N-methyl/N-ethyl adjacent to an activating group) is 1.